The minimum atomic E-state index is 1.16. The van der Waals surface area contributed by atoms with Gasteiger partial charge in [0, 0.05) is 0 Å². The zero-order valence-electron chi connectivity index (χ0n) is 58.3. The van der Waals surface area contributed by atoms with Crippen molar-refractivity contribution >= 4 is 10.8 Å². The fourth-order valence-corrected chi connectivity index (χ4v) is 16.1. The Morgan fingerprint density at radius 3 is 0.358 bits per heavy atom. The van der Waals surface area contributed by atoms with Crippen molar-refractivity contribution in [2.24, 2.45) is 0 Å². The van der Waals surface area contributed by atoms with E-state index in [1.807, 2.05) is 0 Å². The summed E-state index contributed by atoms with van der Waals surface area (Å²) in [6.45, 7) is 0. The van der Waals surface area contributed by atoms with Crippen LogP contribution in [0.1, 0.15) is 0 Å². The lowest BCUT2D eigenvalue weighted by Crippen LogP contribution is -1.90. The standard InChI is InChI=1S/C106H68/c1-3-101-102(103(5-1)105-67-97-63-65-99(105)95-59-55-91(56-60-95)87-43-39-83(40-44-87)79-27-23-75(24-28-79)71-11-7-69(8-12-71)73-15-19-77(20-16-73)81-31-35-85(36-32-81)89-47-51-93(97)52-48-89)4-2-6-104(101)106-68-98-64-66-100(106)96-61-57-92(58-62-96)88-45-41-84(42-46-88)80-29-25-76(26-30-80)72-13-9-70(10-14-72)74-17-21-78(22-18-74)82-33-37-86(38-34-82)90-49-53-94(98)54-50-90/h1-68H. The highest BCUT2D eigenvalue weighted by atomic mass is 14.2. The molecule has 0 N–H and O–H groups in total. The summed E-state index contributed by atoms with van der Waals surface area (Å²) in [5.41, 5.74) is 4.70. The van der Waals surface area contributed by atoms with Crippen molar-refractivity contribution in [3.63, 3.8) is 0 Å². The van der Waals surface area contributed by atoms with Gasteiger partial charge in [0.15, 0.2) is 0 Å². The molecule has 0 heterocycles. The maximum atomic E-state index is 2.43. The summed E-state index contributed by atoms with van der Waals surface area (Å²) in [5.74, 6) is 0. The largest absolute Gasteiger partial charge is 0.0610 e. The van der Waals surface area contributed by atoms with E-state index in [2.05, 4.69) is 413 Å². The molecule has 62 rings (SSSR count). The van der Waals surface area contributed by atoms with Crippen LogP contribution in [0.2, 0.25) is 0 Å². The van der Waals surface area contributed by atoms with Gasteiger partial charge in [-0.1, -0.05) is 400 Å². The Labute approximate surface area is 608 Å². The normalized spacial score (nSPS) is 11.6. The fraction of sp³-hybridized carbons (Fsp3) is 0. The molecular formula is C106H68. The van der Waals surface area contributed by atoms with E-state index in [0.29, 0.717) is 0 Å². The highest BCUT2D eigenvalue weighted by molar-refractivity contribution is 6.04. The monoisotopic (exact) mass is 1340 g/mol. The number of hydrogen-bond donors (Lipinski definition) is 0. The van der Waals surface area contributed by atoms with E-state index in [-0.39, 0.29) is 0 Å². The summed E-state index contributed by atoms with van der Waals surface area (Å²) in [6, 6.07) is 154. The van der Waals surface area contributed by atoms with E-state index in [0.717, 1.165) is 31.3 Å². The molecule has 0 saturated heterocycles. The lowest BCUT2D eigenvalue weighted by Gasteiger charge is -2.13. The fourth-order valence-electron chi connectivity index (χ4n) is 16.1. The van der Waals surface area contributed by atoms with E-state index in [4.69, 9.17) is 0 Å². The van der Waals surface area contributed by atoms with Gasteiger partial charge >= 0.3 is 0 Å². The van der Waals surface area contributed by atoms with Gasteiger partial charge < -0.3 is 0 Å². The van der Waals surface area contributed by atoms with Crippen molar-refractivity contribution in [3.05, 3.63) is 580 Å². The Morgan fingerprint density at radius 1 is 0.0849 bits per heavy atom. The molecule has 0 radical (unpaired) electrons. The van der Waals surface area contributed by atoms with Gasteiger partial charge in [-0.15, -0.1) is 0 Å². The first-order valence-corrected chi connectivity index (χ1v) is 36.7. The molecule has 0 nitrogen and oxygen atoms in total. The molecule has 44 aliphatic rings. The van der Waals surface area contributed by atoms with E-state index < -0.39 is 0 Å². The molecule has 0 spiro atoms. The van der Waals surface area contributed by atoms with Crippen molar-refractivity contribution in [1.29, 1.82) is 0 Å². The van der Waals surface area contributed by atoms with E-state index in [9.17, 15) is 0 Å². The van der Waals surface area contributed by atoms with Crippen molar-refractivity contribution in [2.75, 3.05) is 0 Å². The van der Waals surface area contributed by atoms with Crippen LogP contribution in [0.3, 0.4) is 0 Å². The zero-order valence-corrected chi connectivity index (χ0v) is 58.3. The molecule has 18 aromatic rings. The van der Waals surface area contributed by atoms with Crippen molar-refractivity contribution in [3.8, 4) is 22.3 Å². The van der Waals surface area contributed by atoms with Gasteiger partial charge in [0.25, 0.3) is 0 Å². The predicted octanol–water partition coefficient (Wildman–Crippen LogP) is 23.4. The Kier molecular flexibility index (Phi) is 15.4. The van der Waals surface area contributed by atoms with Gasteiger partial charge in [-0.05, 0) is 212 Å². The van der Waals surface area contributed by atoms with Gasteiger partial charge in [-0.25, -0.2) is 0 Å². The minimum Gasteiger partial charge on any atom is -0.0610 e. The average molecular weight is 1340 g/mol. The first kappa shape index (κ1) is 62.0. The third-order valence-electron chi connectivity index (χ3n) is 22.2. The van der Waals surface area contributed by atoms with Crippen LogP contribution in [0, 0.1) is 167 Å². The molecule has 0 atom stereocenters. The van der Waals surface area contributed by atoms with Crippen LogP contribution in [0.4, 0.5) is 0 Å². The maximum absolute atomic E-state index is 2.43. The van der Waals surface area contributed by atoms with Gasteiger partial charge in [-0.3, -0.25) is 0 Å². The molecule has 106 heavy (non-hydrogen) atoms. The zero-order chi connectivity index (χ0) is 70.0. The SMILES string of the molecule is c1cc(-c2cc3ccc2=c2ccc(cc2)=c2ccc(cc2)=c2ccc(cc2)=c2ccc(cc2)=c2ccc(cc2)=c2ccc(cc2)=c2ccc=3cc2)c2cccc(-c3cc4ccc3=c3ccc(cc3)=c3ccc(cc3)=c3ccc(cc3)=c3ccc(cc3)=c3ccc(cc3)=c3ccc(cc3)=c3ccc=4cc3)c2c1. The second-order valence-electron chi connectivity index (χ2n) is 28.3. The smallest absolute Gasteiger partial charge is 0.00930 e. The summed E-state index contributed by atoms with van der Waals surface area (Å²) in [5, 5.41) is 40.3. The average Bonchev–Trinajstić information content (AvgIpc) is 0.750. The van der Waals surface area contributed by atoms with Crippen LogP contribution in [-0.2, 0) is 0 Å². The Bertz CT molecular complexity index is 7750. The number of benzene rings is 18. The lowest BCUT2D eigenvalue weighted by atomic mass is 9.90. The number of rotatable bonds is 2. The molecule has 492 valence electrons. The van der Waals surface area contributed by atoms with E-state index in [1.165, 1.54) is 169 Å². The van der Waals surface area contributed by atoms with Gasteiger partial charge in [-0.2, -0.15) is 0 Å². The molecule has 0 aliphatic heterocycles. The summed E-state index contributed by atoms with van der Waals surface area (Å²) < 4.78 is 0. The molecule has 0 saturated carbocycles. The summed E-state index contributed by atoms with van der Waals surface area (Å²) >= 11 is 0. The molecule has 0 amide bonds. The molecule has 0 aromatic heterocycles. The molecule has 44 aliphatic carbocycles. The second-order valence-corrected chi connectivity index (χ2v) is 28.3. The van der Waals surface area contributed by atoms with Crippen LogP contribution in [0.5, 0.6) is 0 Å². The van der Waals surface area contributed by atoms with Gasteiger partial charge in [0.2, 0.25) is 0 Å². The lowest BCUT2D eigenvalue weighted by molar-refractivity contribution is 1.38. The minimum absolute atomic E-state index is 1.16. The number of hydrogen-bond acceptors (Lipinski definition) is 0. The molecule has 0 fully saturated rings. The molecular weight excluding hydrogens is 1270 g/mol. The molecule has 18 aromatic carbocycles. The van der Waals surface area contributed by atoms with E-state index in [1.54, 1.807) is 0 Å². The molecule has 0 heteroatoms. The third kappa shape index (κ3) is 11.7. The molecule has 0 unspecified atom stereocenters. The van der Waals surface area contributed by atoms with Crippen molar-refractivity contribution in [1.82, 2.24) is 0 Å². The quantitative estimate of drug-likeness (QED) is 0.162. The Morgan fingerprint density at radius 2 is 0.208 bits per heavy atom. The van der Waals surface area contributed by atoms with Crippen molar-refractivity contribution < 1.29 is 0 Å². The first-order chi connectivity index (χ1) is 52.4. The first-order valence-electron chi connectivity index (χ1n) is 36.7. The summed E-state index contributed by atoms with van der Waals surface area (Å²) in [7, 11) is 0. The van der Waals surface area contributed by atoms with E-state index >= 15 is 0 Å². The van der Waals surface area contributed by atoms with Crippen LogP contribution < -0.4 is 0 Å². The number of fused-ring (bicyclic) bond motifs is 1. The molecule has 32 bridgehead atoms. The Hall–Kier alpha value is -13.8. The third-order valence-corrected chi connectivity index (χ3v) is 22.2. The van der Waals surface area contributed by atoms with Crippen LogP contribution in [0.15, 0.2) is 413 Å². The predicted molar refractivity (Wildman–Crippen MR) is 428 cm³/mol. The summed E-state index contributed by atoms with van der Waals surface area (Å²) in [4.78, 5) is 0. The van der Waals surface area contributed by atoms with Crippen LogP contribution in [-0.4, -0.2) is 0 Å². The van der Waals surface area contributed by atoms with Crippen molar-refractivity contribution in [2.45, 2.75) is 0 Å². The highest BCUT2D eigenvalue weighted by Crippen LogP contribution is 2.37. The second kappa shape index (κ2) is 26.2. The maximum Gasteiger partial charge on any atom is -0.00930 e. The van der Waals surface area contributed by atoms with Crippen LogP contribution in [0.25, 0.3) is 33.0 Å². The van der Waals surface area contributed by atoms with Gasteiger partial charge in [0.05, 0.1) is 0 Å². The van der Waals surface area contributed by atoms with Crippen LogP contribution >= 0.6 is 0 Å². The highest BCUT2D eigenvalue weighted by Gasteiger charge is 2.13. The van der Waals surface area contributed by atoms with Gasteiger partial charge in [0.1, 0.15) is 0 Å². The topological polar surface area (TPSA) is 0 Å². The Balaban J connectivity index is 0.798. The summed E-state index contributed by atoms with van der Waals surface area (Å²) in [6.07, 6.45) is 0.